The summed E-state index contributed by atoms with van der Waals surface area (Å²) >= 11 is 0. The molecule has 150 valence electrons. The summed E-state index contributed by atoms with van der Waals surface area (Å²) < 4.78 is 11.3. The molecule has 5 rings (SSSR count). The molecule has 0 aromatic heterocycles. The summed E-state index contributed by atoms with van der Waals surface area (Å²) in [7, 11) is 0. The Balaban J connectivity index is 1.38. The molecule has 30 heavy (non-hydrogen) atoms. The Morgan fingerprint density at radius 2 is 1.77 bits per heavy atom. The summed E-state index contributed by atoms with van der Waals surface area (Å²) in [5.74, 6) is 0.304. The van der Waals surface area contributed by atoms with E-state index >= 15 is 0 Å². The second-order valence-corrected chi connectivity index (χ2v) is 7.58. The van der Waals surface area contributed by atoms with Crippen LogP contribution < -0.4 is 10.1 Å². The van der Waals surface area contributed by atoms with Gasteiger partial charge >= 0.3 is 5.97 Å². The summed E-state index contributed by atoms with van der Waals surface area (Å²) in [6.45, 7) is 0.566. The van der Waals surface area contributed by atoms with Crippen LogP contribution in [0.15, 0.2) is 72.8 Å². The van der Waals surface area contributed by atoms with Gasteiger partial charge in [0, 0.05) is 24.0 Å². The summed E-state index contributed by atoms with van der Waals surface area (Å²) in [5.41, 5.74) is 3.84. The average molecular weight is 399 g/mol. The number of rotatable bonds is 3. The van der Waals surface area contributed by atoms with E-state index in [-0.39, 0.29) is 24.0 Å². The van der Waals surface area contributed by atoms with Crippen LogP contribution in [0.1, 0.15) is 56.0 Å². The number of nitrogens with one attached hydrogen (secondary N) is 1. The number of ether oxygens (including phenoxy) is 2. The van der Waals surface area contributed by atoms with Crippen molar-refractivity contribution in [2.75, 3.05) is 6.61 Å². The van der Waals surface area contributed by atoms with Crippen LogP contribution in [0, 0.1) is 0 Å². The molecule has 0 saturated carbocycles. The Bertz CT molecular complexity index is 1110. The molecular formula is C25H21NO4. The molecule has 3 aromatic carbocycles. The number of para-hydroxylation sites is 1. The minimum Gasteiger partial charge on any atom is -0.493 e. The summed E-state index contributed by atoms with van der Waals surface area (Å²) in [6, 6.07) is 22.5. The average Bonchev–Trinajstić information content (AvgIpc) is 2.79. The van der Waals surface area contributed by atoms with Crippen LogP contribution in [0.2, 0.25) is 0 Å². The number of benzene rings is 3. The number of amides is 1. The molecule has 5 heteroatoms. The molecular weight excluding hydrogens is 378 g/mol. The van der Waals surface area contributed by atoms with Crippen molar-refractivity contribution in [3.8, 4) is 5.75 Å². The first-order chi connectivity index (χ1) is 14.7. The van der Waals surface area contributed by atoms with Crippen molar-refractivity contribution in [2.24, 2.45) is 0 Å². The van der Waals surface area contributed by atoms with Gasteiger partial charge in [0.1, 0.15) is 11.9 Å². The molecule has 2 aliphatic rings. The molecule has 2 atom stereocenters. The van der Waals surface area contributed by atoms with Gasteiger partial charge < -0.3 is 14.8 Å². The summed E-state index contributed by atoms with van der Waals surface area (Å²) in [5, 5.41) is 3.12. The normalized spacial score (nSPS) is 19.7. The third-order valence-corrected chi connectivity index (χ3v) is 5.68. The maximum absolute atomic E-state index is 13.0. The van der Waals surface area contributed by atoms with Crippen molar-refractivity contribution in [1.82, 2.24) is 5.32 Å². The van der Waals surface area contributed by atoms with E-state index in [4.69, 9.17) is 9.47 Å². The number of carbonyl (C=O) groups is 2. The van der Waals surface area contributed by atoms with E-state index in [0.29, 0.717) is 24.2 Å². The lowest BCUT2D eigenvalue weighted by atomic mass is 9.93. The third kappa shape index (κ3) is 3.43. The Hall–Kier alpha value is -3.60. The molecule has 0 fully saturated rings. The van der Waals surface area contributed by atoms with Gasteiger partial charge in [0.05, 0.1) is 18.2 Å². The Morgan fingerprint density at radius 3 is 2.63 bits per heavy atom. The van der Waals surface area contributed by atoms with E-state index in [9.17, 15) is 9.59 Å². The van der Waals surface area contributed by atoms with Crippen LogP contribution >= 0.6 is 0 Å². The van der Waals surface area contributed by atoms with Crippen molar-refractivity contribution in [3.63, 3.8) is 0 Å². The van der Waals surface area contributed by atoms with E-state index in [2.05, 4.69) is 5.32 Å². The molecule has 5 nitrogen and oxygen atoms in total. The van der Waals surface area contributed by atoms with Crippen molar-refractivity contribution >= 4 is 11.9 Å². The number of esters is 1. The highest BCUT2D eigenvalue weighted by molar-refractivity contribution is 5.98. The monoisotopic (exact) mass is 399 g/mol. The van der Waals surface area contributed by atoms with Crippen LogP contribution in [-0.2, 0) is 11.2 Å². The lowest BCUT2D eigenvalue weighted by molar-refractivity contribution is 0.0252. The van der Waals surface area contributed by atoms with Crippen molar-refractivity contribution < 1.29 is 19.1 Å². The first-order valence-electron chi connectivity index (χ1n) is 10.1. The Morgan fingerprint density at radius 1 is 0.967 bits per heavy atom. The lowest BCUT2D eigenvalue weighted by Crippen LogP contribution is -2.32. The molecule has 2 aliphatic heterocycles. The first kappa shape index (κ1) is 18.4. The fraction of sp³-hybridized carbons (Fsp3) is 0.200. The van der Waals surface area contributed by atoms with Crippen molar-refractivity contribution in [1.29, 1.82) is 0 Å². The van der Waals surface area contributed by atoms with Crippen molar-refractivity contribution in [2.45, 2.75) is 25.0 Å². The van der Waals surface area contributed by atoms with E-state index in [1.54, 1.807) is 12.1 Å². The van der Waals surface area contributed by atoms with Gasteiger partial charge in [-0.15, -0.1) is 0 Å². The van der Waals surface area contributed by atoms with Crippen LogP contribution in [0.4, 0.5) is 0 Å². The largest absolute Gasteiger partial charge is 0.493 e. The fourth-order valence-corrected chi connectivity index (χ4v) is 4.12. The lowest BCUT2D eigenvalue weighted by Gasteiger charge is -2.27. The minimum atomic E-state index is -0.351. The van der Waals surface area contributed by atoms with E-state index < -0.39 is 0 Å². The quantitative estimate of drug-likeness (QED) is 0.664. The minimum absolute atomic E-state index is 0.0967. The molecule has 0 radical (unpaired) electrons. The standard InChI is InChI=1S/C25H21NO4/c27-24(26-21-12-13-29-22-9-5-4-8-20(21)22)17-10-11-19-18(14-17)15-23(30-25(19)28)16-6-2-1-3-7-16/h1-11,14,21,23H,12-13,15H2,(H,26,27)/t21-,23-/m0/s1. The topological polar surface area (TPSA) is 64.6 Å². The van der Waals surface area contributed by atoms with Crippen LogP contribution in [-0.4, -0.2) is 18.5 Å². The molecule has 0 unspecified atom stereocenters. The first-order valence-corrected chi connectivity index (χ1v) is 10.1. The van der Waals surface area contributed by atoms with Gasteiger partial charge in [-0.05, 0) is 35.4 Å². The maximum Gasteiger partial charge on any atom is 0.339 e. The zero-order valence-electron chi connectivity index (χ0n) is 16.3. The molecule has 0 bridgehead atoms. The van der Waals surface area contributed by atoms with Gasteiger partial charge in [0.15, 0.2) is 0 Å². The molecule has 1 N–H and O–H groups in total. The highest BCUT2D eigenvalue weighted by Crippen LogP contribution is 2.33. The molecule has 0 aliphatic carbocycles. The fourth-order valence-electron chi connectivity index (χ4n) is 4.12. The predicted octanol–water partition coefficient (Wildman–Crippen LogP) is 4.39. The molecule has 1 amide bonds. The van der Waals surface area contributed by atoms with Gasteiger partial charge in [0.25, 0.3) is 5.91 Å². The number of fused-ring (bicyclic) bond motifs is 2. The van der Waals surface area contributed by atoms with E-state index in [0.717, 1.165) is 28.9 Å². The van der Waals surface area contributed by atoms with Gasteiger partial charge in [-0.25, -0.2) is 4.79 Å². The van der Waals surface area contributed by atoms with Gasteiger partial charge in [-0.2, -0.15) is 0 Å². The Kier molecular flexibility index (Phi) is 4.71. The van der Waals surface area contributed by atoms with Crippen LogP contribution in [0.3, 0.4) is 0 Å². The third-order valence-electron chi connectivity index (χ3n) is 5.68. The van der Waals surface area contributed by atoms with Gasteiger partial charge in [-0.3, -0.25) is 4.79 Å². The highest BCUT2D eigenvalue weighted by Gasteiger charge is 2.29. The smallest absolute Gasteiger partial charge is 0.339 e. The second-order valence-electron chi connectivity index (χ2n) is 7.58. The van der Waals surface area contributed by atoms with E-state index in [1.165, 1.54) is 0 Å². The molecule has 0 saturated heterocycles. The molecule has 2 heterocycles. The number of cyclic esters (lactones) is 1. The highest BCUT2D eigenvalue weighted by atomic mass is 16.5. The molecule has 3 aromatic rings. The van der Waals surface area contributed by atoms with Crippen molar-refractivity contribution in [3.05, 3.63) is 101 Å². The second kappa shape index (κ2) is 7.67. The zero-order chi connectivity index (χ0) is 20.5. The van der Waals surface area contributed by atoms with E-state index in [1.807, 2.05) is 60.7 Å². The summed E-state index contributed by atoms with van der Waals surface area (Å²) in [4.78, 5) is 25.4. The number of hydrogen-bond acceptors (Lipinski definition) is 4. The molecule has 0 spiro atoms. The summed E-state index contributed by atoms with van der Waals surface area (Å²) in [6.07, 6.45) is 0.925. The zero-order valence-corrected chi connectivity index (χ0v) is 16.3. The van der Waals surface area contributed by atoms with Crippen LogP contribution in [0.25, 0.3) is 0 Å². The predicted molar refractivity (Wildman–Crippen MR) is 112 cm³/mol. The Labute approximate surface area is 174 Å². The number of carbonyl (C=O) groups excluding carboxylic acids is 2. The van der Waals surface area contributed by atoms with Crippen LogP contribution in [0.5, 0.6) is 5.75 Å². The van der Waals surface area contributed by atoms with Gasteiger partial charge in [0.2, 0.25) is 0 Å². The maximum atomic E-state index is 13.0. The SMILES string of the molecule is O=C(N[C@H]1CCOc2ccccc21)c1ccc2c(c1)C[C@@H](c1ccccc1)OC2=O. The van der Waals surface area contributed by atoms with Gasteiger partial charge in [-0.1, -0.05) is 48.5 Å². The number of hydrogen-bond donors (Lipinski definition) is 1.